The lowest BCUT2D eigenvalue weighted by atomic mass is 9.98. The average molecular weight is 372 g/mol. The van der Waals surface area contributed by atoms with Crippen LogP contribution in [0.2, 0.25) is 0 Å². The molecule has 2 aromatic carbocycles. The topological polar surface area (TPSA) is 63.4 Å². The maximum Gasteiger partial charge on any atom is 0.296 e. The van der Waals surface area contributed by atoms with Gasteiger partial charge in [0.2, 0.25) is 5.76 Å². The number of benzene rings is 2. The lowest BCUT2D eigenvalue weighted by molar-refractivity contribution is 0.0970. The predicted octanol–water partition coefficient (Wildman–Crippen LogP) is 4.08. The fourth-order valence-corrected chi connectivity index (χ4v) is 3.64. The molecule has 1 aliphatic heterocycles. The molecule has 3 heterocycles. The number of amides is 1. The monoisotopic (exact) mass is 372 g/mol. The molecule has 0 N–H and O–H groups in total. The zero-order chi connectivity index (χ0) is 19.3. The second kappa shape index (κ2) is 6.13. The van der Waals surface area contributed by atoms with Crippen LogP contribution in [0.5, 0.6) is 0 Å². The second-order valence-electron chi connectivity index (χ2n) is 6.49. The number of hydrogen-bond acceptors (Lipinski definition) is 4. The van der Waals surface area contributed by atoms with E-state index in [0.717, 1.165) is 0 Å². The van der Waals surface area contributed by atoms with Crippen LogP contribution in [0.1, 0.15) is 27.7 Å². The number of halogens is 1. The van der Waals surface area contributed by atoms with Gasteiger partial charge >= 0.3 is 0 Å². The number of nitrogens with zero attached hydrogens (tertiary/aromatic N) is 2. The van der Waals surface area contributed by atoms with Gasteiger partial charge in [0.1, 0.15) is 17.2 Å². The van der Waals surface area contributed by atoms with Crippen molar-refractivity contribution in [1.82, 2.24) is 4.98 Å². The highest BCUT2D eigenvalue weighted by atomic mass is 19.1. The van der Waals surface area contributed by atoms with Crippen molar-refractivity contribution in [2.75, 3.05) is 4.90 Å². The normalized spacial score (nSPS) is 15.8. The van der Waals surface area contributed by atoms with Gasteiger partial charge in [-0.3, -0.25) is 14.5 Å². The fraction of sp³-hybridized carbons (Fsp3) is 0.0455. The number of fused-ring (bicyclic) bond motifs is 2. The number of anilines is 1. The van der Waals surface area contributed by atoms with E-state index in [-0.39, 0.29) is 16.8 Å². The first-order valence-corrected chi connectivity index (χ1v) is 8.71. The lowest BCUT2D eigenvalue weighted by Gasteiger charge is -2.24. The van der Waals surface area contributed by atoms with E-state index in [1.807, 2.05) is 0 Å². The Bertz CT molecular complexity index is 1280. The zero-order valence-electron chi connectivity index (χ0n) is 14.5. The van der Waals surface area contributed by atoms with Gasteiger partial charge in [-0.1, -0.05) is 30.3 Å². The summed E-state index contributed by atoms with van der Waals surface area (Å²) in [6, 6.07) is 16.9. The molecule has 0 aliphatic carbocycles. The molecule has 5 rings (SSSR count). The Hall–Kier alpha value is -3.80. The van der Waals surface area contributed by atoms with Crippen molar-refractivity contribution >= 4 is 22.7 Å². The number of aromatic nitrogens is 1. The van der Waals surface area contributed by atoms with Crippen LogP contribution >= 0.6 is 0 Å². The van der Waals surface area contributed by atoms with Crippen LogP contribution < -0.4 is 10.3 Å². The minimum Gasteiger partial charge on any atom is -0.450 e. The van der Waals surface area contributed by atoms with E-state index in [2.05, 4.69) is 4.98 Å². The van der Waals surface area contributed by atoms with Crippen LogP contribution in [-0.4, -0.2) is 10.9 Å². The Morgan fingerprint density at radius 3 is 2.57 bits per heavy atom. The van der Waals surface area contributed by atoms with Crippen LogP contribution in [0.25, 0.3) is 11.0 Å². The highest BCUT2D eigenvalue weighted by Gasteiger charge is 2.44. The molecule has 1 amide bonds. The smallest absolute Gasteiger partial charge is 0.296 e. The van der Waals surface area contributed by atoms with Gasteiger partial charge in [0, 0.05) is 6.20 Å². The Labute approximate surface area is 158 Å². The number of para-hydroxylation sites is 1. The molecule has 136 valence electrons. The summed E-state index contributed by atoms with van der Waals surface area (Å²) >= 11 is 0. The minimum absolute atomic E-state index is 0.0383. The fourth-order valence-electron chi connectivity index (χ4n) is 3.64. The van der Waals surface area contributed by atoms with Crippen molar-refractivity contribution in [1.29, 1.82) is 0 Å². The summed E-state index contributed by atoms with van der Waals surface area (Å²) in [7, 11) is 0. The van der Waals surface area contributed by atoms with Crippen molar-refractivity contribution in [3.63, 3.8) is 0 Å². The molecule has 0 saturated carbocycles. The van der Waals surface area contributed by atoms with E-state index in [1.165, 1.54) is 17.0 Å². The first-order valence-electron chi connectivity index (χ1n) is 8.71. The van der Waals surface area contributed by atoms with Crippen LogP contribution in [0.15, 0.2) is 82.1 Å². The quantitative estimate of drug-likeness (QED) is 0.532. The Kier molecular flexibility index (Phi) is 3.58. The summed E-state index contributed by atoms with van der Waals surface area (Å²) in [6.07, 6.45) is 1.56. The van der Waals surface area contributed by atoms with Crippen LogP contribution in [-0.2, 0) is 0 Å². The summed E-state index contributed by atoms with van der Waals surface area (Å²) < 4.78 is 19.8. The maximum atomic E-state index is 14.0. The van der Waals surface area contributed by atoms with Crippen molar-refractivity contribution in [3.8, 4) is 0 Å². The molecule has 0 unspecified atom stereocenters. The van der Waals surface area contributed by atoms with E-state index in [4.69, 9.17) is 4.42 Å². The molecule has 28 heavy (non-hydrogen) atoms. The van der Waals surface area contributed by atoms with Crippen LogP contribution in [0.3, 0.4) is 0 Å². The largest absolute Gasteiger partial charge is 0.450 e. The van der Waals surface area contributed by atoms with Gasteiger partial charge < -0.3 is 4.42 Å². The molecule has 5 nitrogen and oxygen atoms in total. The van der Waals surface area contributed by atoms with E-state index in [0.29, 0.717) is 22.4 Å². The molecular formula is C22H13FN2O3. The Morgan fingerprint density at radius 1 is 0.964 bits per heavy atom. The third kappa shape index (κ3) is 2.35. The van der Waals surface area contributed by atoms with Gasteiger partial charge in [0.25, 0.3) is 5.91 Å². The maximum absolute atomic E-state index is 14.0. The molecule has 0 fully saturated rings. The molecule has 2 aromatic heterocycles. The third-order valence-corrected chi connectivity index (χ3v) is 4.84. The van der Waals surface area contributed by atoms with E-state index in [1.54, 1.807) is 60.8 Å². The van der Waals surface area contributed by atoms with Gasteiger partial charge in [-0.25, -0.2) is 9.37 Å². The number of pyridine rings is 1. The summed E-state index contributed by atoms with van der Waals surface area (Å²) in [5, 5.41) is 0.373. The van der Waals surface area contributed by atoms with Crippen molar-refractivity contribution in [2.45, 2.75) is 6.04 Å². The highest BCUT2D eigenvalue weighted by molar-refractivity contribution is 6.10. The molecule has 0 bridgehead atoms. The van der Waals surface area contributed by atoms with Gasteiger partial charge in [-0.15, -0.1) is 0 Å². The summed E-state index contributed by atoms with van der Waals surface area (Å²) in [5.74, 6) is -0.615. The molecule has 6 heteroatoms. The van der Waals surface area contributed by atoms with Crippen molar-refractivity contribution in [2.24, 2.45) is 0 Å². The first kappa shape index (κ1) is 16.4. The van der Waals surface area contributed by atoms with E-state index in [9.17, 15) is 14.0 Å². The van der Waals surface area contributed by atoms with Crippen molar-refractivity contribution in [3.05, 3.63) is 106 Å². The molecule has 0 saturated heterocycles. The van der Waals surface area contributed by atoms with Gasteiger partial charge in [0.15, 0.2) is 5.43 Å². The number of rotatable bonds is 2. The third-order valence-electron chi connectivity index (χ3n) is 4.84. The van der Waals surface area contributed by atoms with Crippen LogP contribution in [0, 0.1) is 5.82 Å². The zero-order valence-corrected chi connectivity index (χ0v) is 14.5. The lowest BCUT2D eigenvalue weighted by Crippen LogP contribution is -2.30. The summed E-state index contributed by atoms with van der Waals surface area (Å²) in [4.78, 5) is 32.1. The summed E-state index contributed by atoms with van der Waals surface area (Å²) in [6.45, 7) is 0. The molecule has 0 spiro atoms. The highest BCUT2D eigenvalue weighted by Crippen LogP contribution is 2.40. The first-order chi connectivity index (χ1) is 13.6. The molecular weight excluding hydrogens is 359 g/mol. The van der Waals surface area contributed by atoms with E-state index >= 15 is 0 Å². The summed E-state index contributed by atoms with van der Waals surface area (Å²) in [5.41, 5.74) is 0.693. The molecule has 4 aromatic rings. The molecule has 1 atom stereocenters. The Balaban J connectivity index is 1.84. The number of carbonyl (C=O) groups excluding carboxylic acids is 1. The number of hydrogen-bond donors (Lipinski definition) is 0. The van der Waals surface area contributed by atoms with Gasteiger partial charge in [-0.2, -0.15) is 0 Å². The SMILES string of the molecule is O=C1c2oc3ccccc3c(=O)c2[C@H](c2cccc(F)c2)N1c1ccccn1. The second-order valence-corrected chi connectivity index (χ2v) is 6.49. The van der Waals surface area contributed by atoms with Crippen LogP contribution in [0.4, 0.5) is 10.2 Å². The van der Waals surface area contributed by atoms with Gasteiger partial charge in [-0.05, 0) is 42.0 Å². The van der Waals surface area contributed by atoms with E-state index < -0.39 is 17.8 Å². The number of carbonyl (C=O) groups is 1. The average Bonchev–Trinajstić information content (AvgIpc) is 3.02. The van der Waals surface area contributed by atoms with Crippen molar-refractivity contribution < 1.29 is 13.6 Å². The molecule has 1 aliphatic rings. The Morgan fingerprint density at radius 2 is 1.79 bits per heavy atom. The minimum atomic E-state index is -0.825. The molecule has 0 radical (unpaired) electrons. The van der Waals surface area contributed by atoms with Gasteiger partial charge in [0.05, 0.1) is 17.0 Å². The predicted molar refractivity (Wildman–Crippen MR) is 102 cm³/mol. The standard InChI is InChI=1S/C22H13FN2O3/c23-14-7-5-6-13(12-14)19-18-20(26)15-8-1-2-9-16(15)28-21(18)22(27)25(19)17-10-3-4-11-24-17/h1-12,19H/t19-/m0/s1.